The van der Waals surface area contributed by atoms with E-state index in [0.717, 1.165) is 51.6 Å². The summed E-state index contributed by atoms with van der Waals surface area (Å²) < 4.78 is 0. The third kappa shape index (κ3) is 4.82. The second-order valence-electron chi connectivity index (χ2n) is 11.4. The zero-order valence-corrected chi connectivity index (χ0v) is 20.7. The van der Waals surface area contributed by atoms with Crippen LogP contribution in [0.2, 0.25) is 0 Å². The van der Waals surface area contributed by atoms with Crippen LogP contribution in [0.15, 0.2) is 24.5 Å². The minimum Gasteiger partial charge on any atom is -0.392 e. The number of hydrogen-bond donors (Lipinski definition) is 2. The number of pyridine rings is 1. The number of carbonyl (C=O) groups excluding carboxylic acids is 2. The van der Waals surface area contributed by atoms with Gasteiger partial charge in [0.2, 0.25) is 5.91 Å². The molecule has 0 radical (unpaired) electrons. The molecule has 1 aliphatic heterocycles. The van der Waals surface area contributed by atoms with E-state index >= 15 is 0 Å². The number of hydrogen-bond acceptors (Lipinski definition) is 4. The topological polar surface area (TPSA) is 82.5 Å². The van der Waals surface area contributed by atoms with Gasteiger partial charge in [0.25, 0.3) is 5.91 Å². The molecule has 2 N–H and O–H groups in total. The van der Waals surface area contributed by atoms with Gasteiger partial charge in [-0.2, -0.15) is 0 Å². The number of amides is 2. The van der Waals surface area contributed by atoms with E-state index in [9.17, 15) is 14.7 Å². The van der Waals surface area contributed by atoms with E-state index < -0.39 is 6.10 Å². The predicted molar refractivity (Wildman–Crippen MR) is 128 cm³/mol. The number of piperidine rings is 1. The van der Waals surface area contributed by atoms with Crippen molar-refractivity contribution in [3.05, 3.63) is 30.1 Å². The van der Waals surface area contributed by atoms with Crippen LogP contribution < -0.4 is 5.32 Å². The maximum Gasteiger partial charge on any atom is 0.251 e. The third-order valence-corrected chi connectivity index (χ3v) is 9.27. The number of rotatable bonds is 4. The maximum absolute atomic E-state index is 13.3. The number of fused-ring (bicyclic) bond motifs is 1. The molecule has 0 bridgehead atoms. The Balaban J connectivity index is 1.45. The first-order chi connectivity index (χ1) is 15.7. The molecule has 7 atom stereocenters. The van der Waals surface area contributed by atoms with E-state index in [-0.39, 0.29) is 46.9 Å². The van der Waals surface area contributed by atoms with Crippen LogP contribution in [-0.2, 0) is 4.79 Å². The molecule has 1 aromatic rings. The van der Waals surface area contributed by atoms with Gasteiger partial charge in [0.15, 0.2) is 0 Å². The summed E-state index contributed by atoms with van der Waals surface area (Å²) in [7, 11) is 0. The zero-order chi connectivity index (χ0) is 23.8. The molecule has 0 unspecified atom stereocenters. The lowest BCUT2D eigenvalue weighted by Gasteiger charge is -2.56. The van der Waals surface area contributed by atoms with Crippen LogP contribution >= 0.6 is 0 Å². The van der Waals surface area contributed by atoms with E-state index in [0.29, 0.717) is 11.5 Å². The van der Waals surface area contributed by atoms with Crippen LogP contribution in [0.3, 0.4) is 0 Å². The molecule has 182 valence electrons. The predicted octanol–water partition coefficient (Wildman–Crippen LogP) is 3.90. The number of carbonyl (C=O) groups is 2. The second kappa shape index (κ2) is 9.73. The molecule has 0 aromatic carbocycles. The average molecular weight is 456 g/mol. The van der Waals surface area contributed by atoms with Gasteiger partial charge in [0, 0.05) is 43.0 Å². The fraction of sp³-hybridized carbons (Fsp3) is 0.741. The molecule has 6 heteroatoms. The van der Waals surface area contributed by atoms with Gasteiger partial charge in [-0.15, -0.1) is 0 Å². The Hall–Kier alpha value is -1.95. The Morgan fingerprint density at radius 1 is 1.12 bits per heavy atom. The SMILES string of the molecule is CC1CCN(C(=O)[C@@H](C)[C@@H]2CC[C@@]3(C)CC[C@H](NC(=O)c4ccncc4)[C@@H](C)[C@@H]3[C@H]2O)CC1. The molecule has 2 saturated carbocycles. The van der Waals surface area contributed by atoms with Crippen molar-refractivity contribution < 1.29 is 14.7 Å². The van der Waals surface area contributed by atoms with Crippen LogP contribution in [-0.4, -0.2) is 52.0 Å². The van der Waals surface area contributed by atoms with Crippen molar-refractivity contribution in [2.45, 2.75) is 78.4 Å². The van der Waals surface area contributed by atoms with Gasteiger partial charge >= 0.3 is 0 Å². The molecule has 4 rings (SSSR count). The summed E-state index contributed by atoms with van der Waals surface area (Å²) in [4.78, 5) is 32.1. The lowest BCUT2D eigenvalue weighted by molar-refractivity contribution is -0.151. The minimum atomic E-state index is -0.526. The molecule has 2 heterocycles. The van der Waals surface area contributed by atoms with E-state index in [1.165, 1.54) is 0 Å². The van der Waals surface area contributed by atoms with Crippen molar-refractivity contribution in [1.29, 1.82) is 0 Å². The van der Waals surface area contributed by atoms with Crippen molar-refractivity contribution in [3.63, 3.8) is 0 Å². The van der Waals surface area contributed by atoms with Crippen molar-refractivity contribution >= 4 is 11.8 Å². The lowest BCUT2D eigenvalue weighted by Crippen LogP contribution is -2.58. The third-order valence-electron chi connectivity index (χ3n) is 9.27. The first-order valence-corrected chi connectivity index (χ1v) is 12.9. The summed E-state index contributed by atoms with van der Waals surface area (Å²) in [5, 5.41) is 14.9. The standard InChI is InChI=1S/C27H41N3O3/c1-17-9-15-30(16-10-17)26(33)18(2)21-5-11-27(4)12-6-22(19(3)23(27)24(21)31)29-25(32)20-7-13-28-14-8-20/h7-8,13-14,17-19,21-24,31H,5-6,9-12,15-16H2,1-4H3,(H,29,32)/t18-,19+,21-,22-,23+,24-,27-/m0/s1. The monoisotopic (exact) mass is 455 g/mol. The van der Waals surface area contributed by atoms with Gasteiger partial charge in [-0.1, -0.05) is 27.7 Å². The van der Waals surface area contributed by atoms with Crippen molar-refractivity contribution in [1.82, 2.24) is 15.2 Å². The molecule has 33 heavy (non-hydrogen) atoms. The lowest BCUT2D eigenvalue weighted by atomic mass is 9.51. The van der Waals surface area contributed by atoms with Crippen molar-refractivity contribution in [3.8, 4) is 0 Å². The van der Waals surface area contributed by atoms with Crippen LogP contribution in [0.25, 0.3) is 0 Å². The first-order valence-electron chi connectivity index (χ1n) is 12.9. The number of nitrogens with one attached hydrogen (secondary N) is 1. The number of aliphatic hydroxyl groups is 1. The number of likely N-dealkylation sites (tertiary alicyclic amines) is 1. The molecular formula is C27H41N3O3. The smallest absolute Gasteiger partial charge is 0.251 e. The van der Waals surface area contributed by atoms with Gasteiger partial charge in [0.1, 0.15) is 0 Å². The number of nitrogens with zero attached hydrogens (tertiary/aromatic N) is 2. The summed E-state index contributed by atoms with van der Waals surface area (Å²) in [6, 6.07) is 3.48. The molecule has 2 aliphatic carbocycles. The quantitative estimate of drug-likeness (QED) is 0.721. The summed E-state index contributed by atoms with van der Waals surface area (Å²) in [6.45, 7) is 10.4. The van der Waals surface area contributed by atoms with Crippen molar-refractivity contribution in [2.75, 3.05) is 13.1 Å². The average Bonchev–Trinajstić information content (AvgIpc) is 2.81. The van der Waals surface area contributed by atoms with Gasteiger partial charge in [-0.25, -0.2) is 0 Å². The normalized spacial score (nSPS) is 36.0. The minimum absolute atomic E-state index is 0.0201. The van der Waals surface area contributed by atoms with Gasteiger partial charge < -0.3 is 15.3 Å². The van der Waals surface area contributed by atoms with Crippen molar-refractivity contribution in [2.24, 2.45) is 35.0 Å². The molecule has 6 nitrogen and oxygen atoms in total. The molecule has 3 aliphatic rings. The van der Waals surface area contributed by atoms with E-state index in [1.807, 2.05) is 11.8 Å². The molecular weight excluding hydrogens is 414 g/mol. The zero-order valence-electron chi connectivity index (χ0n) is 20.7. The highest BCUT2D eigenvalue weighted by Crippen LogP contribution is 2.55. The highest BCUT2D eigenvalue weighted by atomic mass is 16.3. The van der Waals surface area contributed by atoms with Gasteiger partial charge in [-0.3, -0.25) is 14.6 Å². The number of aliphatic hydroxyl groups excluding tert-OH is 1. The fourth-order valence-corrected chi connectivity index (χ4v) is 6.95. The van der Waals surface area contributed by atoms with Crippen LogP contribution in [0, 0.1) is 35.0 Å². The van der Waals surface area contributed by atoms with E-state index in [2.05, 4.69) is 31.1 Å². The fourth-order valence-electron chi connectivity index (χ4n) is 6.95. The Morgan fingerprint density at radius 3 is 2.42 bits per heavy atom. The Kier molecular flexibility index (Phi) is 7.13. The highest BCUT2D eigenvalue weighted by molar-refractivity contribution is 5.94. The molecule has 3 fully saturated rings. The molecule has 0 spiro atoms. The summed E-state index contributed by atoms with van der Waals surface area (Å²) in [5.41, 5.74) is 0.666. The Labute approximate surface area is 198 Å². The van der Waals surface area contributed by atoms with Crippen LogP contribution in [0.5, 0.6) is 0 Å². The van der Waals surface area contributed by atoms with Crippen LogP contribution in [0.1, 0.15) is 76.6 Å². The first kappa shape index (κ1) is 24.2. The maximum atomic E-state index is 13.3. The summed E-state index contributed by atoms with van der Waals surface area (Å²) >= 11 is 0. The van der Waals surface area contributed by atoms with Gasteiger partial charge in [0.05, 0.1) is 6.10 Å². The molecule has 1 aromatic heterocycles. The van der Waals surface area contributed by atoms with Gasteiger partial charge in [-0.05, 0) is 79.7 Å². The molecule has 2 amide bonds. The largest absolute Gasteiger partial charge is 0.392 e. The highest BCUT2D eigenvalue weighted by Gasteiger charge is 2.54. The Morgan fingerprint density at radius 2 is 1.76 bits per heavy atom. The number of aromatic nitrogens is 1. The summed E-state index contributed by atoms with van der Waals surface area (Å²) in [5.74, 6) is 0.842. The van der Waals surface area contributed by atoms with E-state index in [4.69, 9.17) is 0 Å². The second-order valence-corrected chi connectivity index (χ2v) is 11.4. The molecule has 1 saturated heterocycles. The summed E-state index contributed by atoms with van der Waals surface area (Å²) in [6.07, 6.45) is 8.71. The Bertz CT molecular complexity index is 838. The van der Waals surface area contributed by atoms with Crippen LogP contribution in [0.4, 0.5) is 0 Å². The van der Waals surface area contributed by atoms with E-state index in [1.54, 1.807) is 24.5 Å².